The number of aliphatic hydroxyl groups is 1. The van der Waals surface area contributed by atoms with E-state index in [9.17, 15) is 28.9 Å². The number of carbonyl (C=O) groups excluding carboxylic acids is 1. The van der Waals surface area contributed by atoms with Crippen LogP contribution in [0.4, 0.5) is 4.39 Å². The minimum Gasteiger partial charge on any atom is -0.796 e. The molecule has 1 unspecified atom stereocenters. The summed E-state index contributed by atoms with van der Waals surface area (Å²) < 4.78 is 26.5. The number of pyridine rings is 1. The summed E-state index contributed by atoms with van der Waals surface area (Å²) >= 11 is 0. The Kier molecular flexibility index (Phi) is 13.6. The fourth-order valence-corrected chi connectivity index (χ4v) is 5.11. The van der Waals surface area contributed by atoms with Crippen LogP contribution in [0.3, 0.4) is 0 Å². The van der Waals surface area contributed by atoms with Crippen LogP contribution in [0.15, 0.2) is 60.4 Å². The third-order valence-electron chi connectivity index (χ3n) is 5.52. The number of halogens is 1. The Morgan fingerprint density at radius 3 is 2.32 bits per heavy atom. The second-order valence-corrected chi connectivity index (χ2v) is 10.9. The zero-order chi connectivity index (χ0) is 25.8. The average Bonchev–Trinajstić information content (AvgIpc) is 2.77. The molecule has 0 aliphatic heterocycles. The van der Waals surface area contributed by atoms with Crippen molar-refractivity contribution in [3.63, 3.8) is 0 Å². The first kappa shape index (κ1) is 33.9. The van der Waals surface area contributed by atoms with Gasteiger partial charge in [-0.05, 0) is 53.5 Å². The van der Waals surface area contributed by atoms with Gasteiger partial charge in [0, 0.05) is 37.0 Å². The van der Waals surface area contributed by atoms with E-state index in [1.165, 1.54) is 18.2 Å². The summed E-state index contributed by atoms with van der Waals surface area (Å²) in [4.78, 5) is 28.1. The molecule has 184 valence electrons. The van der Waals surface area contributed by atoms with Gasteiger partial charge in [0.25, 0.3) is 0 Å². The summed E-state index contributed by atoms with van der Waals surface area (Å²) in [5.41, 5.74) is 4.87. The first-order chi connectivity index (χ1) is 16.5. The number of hydrogen-bond donors (Lipinski definition) is 1. The van der Waals surface area contributed by atoms with Crippen LogP contribution in [0, 0.1) is 12.7 Å². The van der Waals surface area contributed by atoms with Crippen molar-refractivity contribution in [2.75, 3.05) is 6.16 Å². The molecule has 1 heterocycles. The maximum Gasteiger partial charge on any atom is 1.00 e. The fraction of sp³-hybridized carbons (Fsp3) is 0.259. The summed E-state index contributed by atoms with van der Waals surface area (Å²) in [5.74, 6) is -1.000. The number of aliphatic carboxylic acids is 1. The quantitative estimate of drug-likeness (QED) is 0.250. The molecular weight excluding hydrogens is 514 g/mol. The number of aryl methyl sites for hydroxylation is 1. The van der Waals surface area contributed by atoms with Gasteiger partial charge in [-0.15, -0.1) is 0 Å². The minimum atomic E-state index is -4.28. The van der Waals surface area contributed by atoms with Crippen molar-refractivity contribution in [2.45, 2.75) is 39.2 Å². The largest absolute Gasteiger partial charge is 1.00 e. The molecule has 0 radical (unpaired) electrons. The maximum absolute atomic E-state index is 13.9. The van der Waals surface area contributed by atoms with E-state index in [-0.39, 0.29) is 70.8 Å². The average molecular weight is 541 g/mol. The Morgan fingerprint density at radius 1 is 1.11 bits per heavy atom. The molecule has 2 atom stereocenters. The van der Waals surface area contributed by atoms with E-state index in [1.54, 1.807) is 13.0 Å². The van der Waals surface area contributed by atoms with Gasteiger partial charge < -0.3 is 24.5 Å². The van der Waals surface area contributed by atoms with Gasteiger partial charge in [-0.1, -0.05) is 56.3 Å². The SMILES string of the molecule is Cc1cc(F)ccc1-c1cc(-c2ccccc2)nc(C(C)C)c1/C=C/P(=O)([O-])C[C@H](O)CC(=O)[O-].[Na+].[Na+]. The van der Waals surface area contributed by atoms with Gasteiger partial charge in [0.1, 0.15) is 5.82 Å². The Hall–Kier alpha value is -1.12. The van der Waals surface area contributed by atoms with Gasteiger partial charge >= 0.3 is 59.1 Å². The number of hydrogen-bond acceptors (Lipinski definition) is 6. The van der Waals surface area contributed by atoms with Gasteiger partial charge in [-0.25, -0.2) is 4.39 Å². The van der Waals surface area contributed by atoms with Crippen molar-refractivity contribution in [3.8, 4) is 22.4 Å². The first-order valence-electron chi connectivity index (χ1n) is 11.2. The molecule has 3 aromatic rings. The van der Waals surface area contributed by atoms with Crippen LogP contribution in [-0.2, 0) is 9.36 Å². The van der Waals surface area contributed by atoms with E-state index in [0.29, 0.717) is 28.1 Å². The molecule has 1 N–H and O–H groups in total. The van der Waals surface area contributed by atoms with Gasteiger partial charge in [0.05, 0.1) is 17.5 Å². The van der Waals surface area contributed by atoms with E-state index < -0.39 is 32.0 Å². The summed E-state index contributed by atoms with van der Waals surface area (Å²) in [6.45, 7) is 5.66. The fourth-order valence-electron chi connectivity index (χ4n) is 3.90. The number of carboxylic acids is 1. The van der Waals surface area contributed by atoms with Crippen LogP contribution < -0.4 is 69.1 Å². The maximum atomic E-state index is 13.9. The van der Waals surface area contributed by atoms with E-state index in [2.05, 4.69) is 0 Å². The topological polar surface area (TPSA) is 113 Å². The summed E-state index contributed by atoms with van der Waals surface area (Å²) in [6, 6.07) is 15.8. The number of aliphatic hydroxyl groups excluding tert-OH is 1. The van der Waals surface area contributed by atoms with E-state index in [4.69, 9.17) is 4.98 Å². The Morgan fingerprint density at radius 2 is 1.76 bits per heavy atom. The minimum absolute atomic E-state index is 0. The van der Waals surface area contributed by atoms with E-state index in [1.807, 2.05) is 50.2 Å². The monoisotopic (exact) mass is 541 g/mol. The van der Waals surface area contributed by atoms with Crippen molar-refractivity contribution in [2.24, 2.45) is 0 Å². The molecule has 3 rings (SSSR count). The second kappa shape index (κ2) is 14.9. The van der Waals surface area contributed by atoms with Crippen molar-refractivity contribution in [1.29, 1.82) is 0 Å². The molecule has 0 saturated heterocycles. The molecular formula is C27H27FNNa2O5P. The number of carbonyl (C=O) groups is 1. The van der Waals surface area contributed by atoms with E-state index in [0.717, 1.165) is 16.9 Å². The molecule has 2 aromatic carbocycles. The predicted octanol–water partition coefficient (Wildman–Crippen LogP) is -1.90. The molecule has 0 aliphatic carbocycles. The normalized spacial score (nSPS) is 13.5. The molecule has 6 nitrogen and oxygen atoms in total. The molecule has 0 spiro atoms. The molecule has 1 aromatic heterocycles. The van der Waals surface area contributed by atoms with Crippen LogP contribution in [0.5, 0.6) is 0 Å². The number of nitrogens with zero attached hydrogens (tertiary/aromatic N) is 1. The Bertz CT molecular complexity index is 1300. The molecule has 37 heavy (non-hydrogen) atoms. The van der Waals surface area contributed by atoms with Crippen molar-refractivity contribution < 1.29 is 88.0 Å². The summed E-state index contributed by atoms with van der Waals surface area (Å²) in [5, 5.41) is 20.5. The number of carboxylic acid groups (broad SMARTS) is 1. The number of aromatic nitrogens is 1. The smallest absolute Gasteiger partial charge is 0.796 e. The molecule has 0 saturated carbocycles. The summed E-state index contributed by atoms with van der Waals surface area (Å²) in [7, 11) is -4.28. The van der Waals surface area contributed by atoms with Gasteiger partial charge in [0.15, 0.2) is 0 Å². The molecule has 0 bridgehead atoms. The number of benzene rings is 2. The Labute approximate surface area is 261 Å². The first-order valence-corrected chi connectivity index (χ1v) is 13.1. The predicted molar refractivity (Wildman–Crippen MR) is 131 cm³/mol. The third-order valence-corrected chi connectivity index (χ3v) is 7.05. The van der Waals surface area contributed by atoms with Crippen LogP contribution in [0.25, 0.3) is 28.5 Å². The molecule has 0 aliphatic rings. The standard InChI is InChI=1S/C27H29FNO5P.2Na/c1-17(2)27-23(11-12-35(33,34)16-21(30)14-26(31)32)24(22-10-9-20(28)13-18(22)3)15-25(29-27)19-7-5-4-6-8-19;;/h4-13,15,17,21,30H,14,16H2,1-3H3,(H,31,32)(H,33,34);;/q;2*+1/p-2/b12-11+;;/t21-;;/m1../s1. The van der Waals surface area contributed by atoms with Crippen LogP contribution in [0.2, 0.25) is 0 Å². The zero-order valence-corrected chi connectivity index (χ0v) is 26.7. The van der Waals surface area contributed by atoms with Gasteiger partial charge in [-0.2, -0.15) is 0 Å². The molecule has 0 amide bonds. The van der Waals surface area contributed by atoms with Crippen molar-refractivity contribution >= 4 is 19.4 Å². The van der Waals surface area contributed by atoms with Crippen LogP contribution in [0.1, 0.15) is 43.0 Å². The Balaban J connectivity index is 0.00000342. The number of rotatable bonds is 9. The second-order valence-electron chi connectivity index (χ2n) is 8.79. The summed E-state index contributed by atoms with van der Waals surface area (Å²) in [6.07, 6.45) is -1.65. The van der Waals surface area contributed by atoms with Crippen LogP contribution >= 0.6 is 7.37 Å². The molecule has 10 heteroatoms. The third kappa shape index (κ3) is 9.54. The van der Waals surface area contributed by atoms with Crippen molar-refractivity contribution in [3.05, 3.63) is 83.1 Å². The van der Waals surface area contributed by atoms with Gasteiger partial charge in [0.2, 0.25) is 0 Å². The van der Waals surface area contributed by atoms with Crippen LogP contribution in [-0.4, -0.2) is 28.3 Å². The zero-order valence-electron chi connectivity index (χ0n) is 21.8. The van der Waals surface area contributed by atoms with E-state index >= 15 is 0 Å². The van der Waals surface area contributed by atoms with Gasteiger partial charge in [-0.3, -0.25) is 4.98 Å². The molecule has 0 fully saturated rings. The van der Waals surface area contributed by atoms with Crippen molar-refractivity contribution in [1.82, 2.24) is 4.98 Å².